The number of nitrogens with zero attached hydrogens (tertiary/aromatic N) is 2. The van der Waals surface area contributed by atoms with Crippen LogP contribution in [0.3, 0.4) is 0 Å². The lowest BCUT2D eigenvalue weighted by Crippen LogP contribution is -2.32. The van der Waals surface area contributed by atoms with E-state index in [0.717, 1.165) is 18.8 Å². The second-order valence-electron chi connectivity index (χ2n) is 4.90. The van der Waals surface area contributed by atoms with E-state index in [2.05, 4.69) is 15.2 Å². The van der Waals surface area contributed by atoms with Crippen molar-refractivity contribution in [3.05, 3.63) is 29.0 Å². The maximum absolute atomic E-state index is 5.79. The van der Waals surface area contributed by atoms with Crippen molar-refractivity contribution in [1.82, 2.24) is 15.2 Å². The maximum atomic E-state index is 5.79. The summed E-state index contributed by atoms with van der Waals surface area (Å²) >= 11 is 5.79. The average molecular weight is 268 g/mol. The van der Waals surface area contributed by atoms with Crippen molar-refractivity contribution < 1.29 is 0 Å². The van der Waals surface area contributed by atoms with E-state index in [1.165, 1.54) is 45.3 Å². The molecule has 0 radical (unpaired) electrons. The van der Waals surface area contributed by atoms with Gasteiger partial charge in [0.2, 0.25) is 0 Å². The Labute approximate surface area is 115 Å². The molecule has 0 atom stereocenters. The van der Waals surface area contributed by atoms with Gasteiger partial charge in [0.15, 0.2) is 0 Å². The molecule has 1 aromatic rings. The van der Waals surface area contributed by atoms with Crippen LogP contribution in [0.2, 0.25) is 5.02 Å². The number of hydrogen-bond donors (Lipinski definition) is 1. The van der Waals surface area contributed by atoms with Crippen LogP contribution in [0.5, 0.6) is 0 Å². The molecule has 3 nitrogen and oxygen atoms in total. The molecular formula is C14H22ClN3. The number of hydrogen-bond acceptors (Lipinski definition) is 3. The van der Waals surface area contributed by atoms with E-state index < -0.39 is 0 Å². The molecule has 0 spiro atoms. The molecular weight excluding hydrogens is 246 g/mol. The van der Waals surface area contributed by atoms with Gasteiger partial charge in [-0.2, -0.15) is 0 Å². The quantitative estimate of drug-likeness (QED) is 0.804. The summed E-state index contributed by atoms with van der Waals surface area (Å²) in [6, 6.07) is 3.86. The smallest absolute Gasteiger partial charge is 0.0589 e. The minimum Gasteiger partial charge on any atom is -0.311 e. The van der Waals surface area contributed by atoms with Crippen LogP contribution < -0.4 is 5.32 Å². The standard InChI is InChI=1S/C14H22ClN3/c15-13-5-6-14(17-11-13)12-16-7-4-10-18-8-2-1-3-9-18/h5-6,11,16H,1-4,7-10,12H2. The third kappa shape index (κ3) is 4.92. The molecule has 0 aromatic carbocycles. The third-order valence-electron chi connectivity index (χ3n) is 3.37. The van der Waals surface area contributed by atoms with Crippen LogP contribution >= 0.6 is 11.6 Å². The molecule has 1 aromatic heterocycles. The van der Waals surface area contributed by atoms with Gasteiger partial charge in [-0.25, -0.2) is 0 Å². The Morgan fingerprint density at radius 2 is 2.06 bits per heavy atom. The topological polar surface area (TPSA) is 28.2 Å². The zero-order valence-corrected chi connectivity index (χ0v) is 11.6. The Balaban J connectivity index is 1.54. The first-order valence-electron chi connectivity index (χ1n) is 6.88. The van der Waals surface area contributed by atoms with Crippen LogP contribution in [-0.2, 0) is 6.54 Å². The minimum atomic E-state index is 0.698. The third-order valence-corrected chi connectivity index (χ3v) is 3.59. The zero-order valence-electron chi connectivity index (χ0n) is 10.9. The van der Waals surface area contributed by atoms with Gasteiger partial charge in [-0.1, -0.05) is 18.0 Å². The van der Waals surface area contributed by atoms with Crippen molar-refractivity contribution in [2.75, 3.05) is 26.2 Å². The lowest BCUT2D eigenvalue weighted by molar-refractivity contribution is 0.225. The van der Waals surface area contributed by atoms with E-state index in [0.29, 0.717) is 5.02 Å². The van der Waals surface area contributed by atoms with Crippen LogP contribution in [0.1, 0.15) is 31.4 Å². The zero-order chi connectivity index (χ0) is 12.6. The molecule has 1 aliphatic rings. The van der Waals surface area contributed by atoms with Gasteiger partial charge in [0.1, 0.15) is 0 Å². The highest BCUT2D eigenvalue weighted by Gasteiger charge is 2.08. The molecule has 0 bridgehead atoms. The first-order valence-corrected chi connectivity index (χ1v) is 7.26. The molecule has 0 saturated carbocycles. The van der Waals surface area contributed by atoms with Gasteiger partial charge >= 0.3 is 0 Å². The molecule has 0 unspecified atom stereocenters. The second-order valence-corrected chi connectivity index (χ2v) is 5.34. The van der Waals surface area contributed by atoms with Crippen LogP contribution in [0, 0.1) is 0 Å². The van der Waals surface area contributed by atoms with Crippen LogP contribution in [0.25, 0.3) is 0 Å². The summed E-state index contributed by atoms with van der Waals surface area (Å²) in [5.74, 6) is 0. The fourth-order valence-electron chi connectivity index (χ4n) is 2.34. The lowest BCUT2D eigenvalue weighted by atomic mass is 10.1. The van der Waals surface area contributed by atoms with Crippen molar-refractivity contribution >= 4 is 11.6 Å². The molecule has 18 heavy (non-hydrogen) atoms. The van der Waals surface area contributed by atoms with E-state index in [-0.39, 0.29) is 0 Å². The minimum absolute atomic E-state index is 0.698. The monoisotopic (exact) mass is 267 g/mol. The van der Waals surface area contributed by atoms with Crippen LogP contribution in [0.4, 0.5) is 0 Å². The normalized spacial score (nSPS) is 16.9. The van der Waals surface area contributed by atoms with Gasteiger partial charge < -0.3 is 10.2 Å². The number of halogens is 1. The number of nitrogens with one attached hydrogen (secondary N) is 1. The Morgan fingerprint density at radius 1 is 1.22 bits per heavy atom. The van der Waals surface area contributed by atoms with Crippen molar-refractivity contribution in [2.45, 2.75) is 32.2 Å². The molecule has 1 fully saturated rings. The Hall–Kier alpha value is -0.640. The van der Waals surface area contributed by atoms with Crippen molar-refractivity contribution in [1.29, 1.82) is 0 Å². The Morgan fingerprint density at radius 3 is 2.78 bits per heavy atom. The van der Waals surface area contributed by atoms with Gasteiger partial charge in [0, 0.05) is 12.7 Å². The van der Waals surface area contributed by atoms with E-state index in [1.54, 1.807) is 6.20 Å². The highest BCUT2D eigenvalue weighted by atomic mass is 35.5. The van der Waals surface area contributed by atoms with Gasteiger partial charge in [0.25, 0.3) is 0 Å². The van der Waals surface area contributed by atoms with Gasteiger partial charge in [-0.15, -0.1) is 0 Å². The summed E-state index contributed by atoms with van der Waals surface area (Å²) in [6.45, 7) is 5.69. The fourth-order valence-corrected chi connectivity index (χ4v) is 2.45. The number of piperidine rings is 1. The average Bonchev–Trinajstić information content (AvgIpc) is 2.42. The first kappa shape index (κ1) is 13.8. The van der Waals surface area contributed by atoms with Crippen molar-refractivity contribution in [3.8, 4) is 0 Å². The predicted octanol–water partition coefficient (Wildman–Crippen LogP) is 2.70. The summed E-state index contributed by atoms with van der Waals surface area (Å²) < 4.78 is 0. The molecule has 1 N–H and O–H groups in total. The largest absolute Gasteiger partial charge is 0.311 e. The van der Waals surface area contributed by atoms with Crippen molar-refractivity contribution in [3.63, 3.8) is 0 Å². The lowest BCUT2D eigenvalue weighted by Gasteiger charge is -2.26. The predicted molar refractivity (Wildman–Crippen MR) is 75.9 cm³/mol. The number of likely N-dealkylation sites (tertiary alicyclic amines) is 1. The highest BCUT2D eigenvalue weighted by molar-refractivity contribution is 6.30. The second kappa shape index (κ2) is 7.72. The maximum Gasteiger partial charge on any atom is 0.0589 e. The molecule has 1 saturated heterocycles. The molecule has 0 aliphatic carbocycles. The molecule has 1 aliphatic heterocycles. The van der Waals surface area contributed by atoms with Crippen LogP contribution in [-0.4, -0.2) is 36.1 Å². The van der Waals surface area contributed by atoms with Gasteiger partial charge in [-0.05, 0) is 57.6 Å². The Bertz CT molecular complexity index is 333. The SMILES string of the molecule is Clc1ccc(CNCCCN2CCCCC2)nc1. The van der Waals surface area contributed by atoms with Gasteiger partial charge in [-0.3, -0.25) is 4.98 Å². The fraction of sp³-hybridized carbons (Fsp3) is 0.643. The molecule has 2 rings (SSSR count). The molecule has 4 heteroatoms. The summed E-state index contributed by atoms with van der Waals surface area (Å²) in [4.78, 5) is 6.84. The van der Waals surface area contributed by atoms with E-state index in [4.69, 9.17) is 11.6 Å². The summed E-state index contributed by atoms with van der Waals surface area (Å²) in [7, 11) is 0. The van der Waals surface area contributed by atoms with Gasteiger partial charge in [0.05, 0.1) is 10.7 Å². The number of aromatic nitrogens is 1. The van der Waals surface area contributed by atoms with E-state index >= 15 is 0 Å². The number of pyridine rings is 1. The Kier molecular flexibility index (Phi) is 5.91. The number of rotatable bonds is 6. The van der Waals surface area contributed by atoms with Crippen LogP contribution in [0.15, 0.2) is 18.3 Å². The summed E-state index contributed by atoms with van der Waals surface area (Å²) in [5, 5.41) is 4.13. The molecule has 0 amide bonds. The molecule has 100 valence electrons. The first-order chi connectivity index (χ1) is 8.84. The summed E-state index contributed by atoms with van der Waals surface area (Å²) in [5.41, 5.74) is 1.05. The highest BCUT2D eigenvalue weighted by Crippen LogP contribution is 2.08. The molecule has 2 heterocycles. The van der Waals surface area contributed by atoms with E-state index in [1.807, 2.05) is 12.1 Å². The van der Waals surface area contributed by atoms with Crippen molar-refractivity contribution in [2.24, 2.45) is 0 Å². The summed E-state index contributed by atoms with van der Waals surface area (Å²) in [6.07, 6.45) is 7.08. The van der Waals surface area contributed by atoms with E-state index in [9.17, 15) is 0 Å².